The van der Waals surface area contributed by atoms with E-state index in [0.717, 1.165) is 30.0 Å². The Morgan fingerprint density at radius 3 is 1.80 bits per heavy atom. The van der Waals surface area contributed by atoms with Gasteiger partial charge in [0.15, 0.2) is 0 Å². The summed E-state index contributed by atoms with van der Waals surface area (Å²) in [6.45, 7) is 11.6. The maximum absolute atomic E-state index is 12.7. The first-order valence-corrected chi connectivity index (χ1v) is 15.4. The molecule has 3 aromatic carbocycles. The summed E-state index contributed by atoms with van der Waals surface area (Å²) in [5.74, 6) is 0.161. The predicted molar refractivity (Wildman–Crippen MR) is 174 cm³/mol. The fourth-order valence-corrected chi connectivity index (χ4v) is 4.65. The normalized spacial score (nSPS) is 12.0. The molecule has 0 fully saturated rings. The van der Waals surface area contributed by atoms with Crippen LogP contribution in [0.15, 0.2) is 85.5 Å². The van der Waals surface area contributed by atoms with Crippen molar-refractivity contribution in [1.82, 2.24) is 0 Å². The van der Waals surface area contributed by atoms with Crippen LogP contribution in [0.5, 0.6) is 11.5 Å². The SMILES string of the molecule is C=CC(=O)OCCOC(=O)Oc1ccc(C(=O)Oc2ccc(-c3ccc(C(=O)OC(C)CC(C)CCCC(C)C)cc3)cc2)cc1. The lowest BCUT2D eigenvalue weighted by Gasteiger charge is -2.18. The zero-order valence-corrected chi connectivity index (χ0v) is 26.9. The number of hydrogen-bond donors (Lipinski definition) is 0. The summed E-state index contributed by atoms with van der Waals surface area (Å²) in [7, 11) is 0. The molecule has 0 spiro atoms. The number of carbonyl (C=O) groups excluding carboxylic acids is 4. The van der Waals surface area contributed by atoms with Crippen molar-refractivity contribution in [3.63, 3.8) is 0 Å². The van der Waals surface area contributed by atoms with Crippen LogP contribution < -0.4 is 9.47 Å². The number of benzene rings is 3. The lowest BCUT2D eigenvalue weighted by atomic mass is 9.95. The molecule has 3 rings (SSSR count). The van der Waals surface area contributed by atoms with Crippen LogP contribution in [0.4, 0.5) is 4.79 Å². The predicted octanol–water partition coefficient (Wildman–Crippen LogP) is 8.22. The third-order valence-electron chi connectivity index (χ3n) is 7.05. The molecule has 0 aliphatic carbocycles. The Balaban J connectivity index is 1.45. The highest BCUT2D eigenvalue weighted by Crippen LogP contribution is 2.25. The number of rotatable bonds is 16. The van der Waals surface area contributed by atoms with Gasteiger partial charge in [-0.25, -0.2) is 19.2 Å². The molecule has 9 heteroatoms. The highest BCUT2D eigenvalue weighted by Gasteiger charge is 2.16. The lowest BCUT2D eigenvalue weighted by Crippen LogP contribution is -2.18. The van der Waals surface area contributed by atoms with E-state index in [1.807, 2.05) is 31.2 Å². The molecule has 9 nitrogen and oxygen atoms in total. The van der Waals surface area contributed by atoms with Crippen LogP contribution in [0.1, 0.15) is 74.1 Å². The summed E-state index contributed by atoms with van der Waals surface area (Å²) in [4.78, 5) is 48.0. The Kier molecular flexibility index (Phi) is 14.0. The van der Waals surface area contributed by atoms with Crippen molar-refractivity contribution in [2.75, 3.05) is 13.2 Å². The van der Waals surface area contributed by atoms with Crippen LogP contribution in [0.2, 0.25) is 0 Å². The second-order valence-electron chi connectivity index (χ2n) is 11.5. The molecule has 2 atom stereocenters. The van der Waals surface area contributed by atoms with Gasteiger partial charge in [-0.05, 0) is 84.8 Å². The highest BCUT2D eigenvalue weighted by atomic mass is 16.7. The van der Waals surface area contributed by atoms with Crippen molar-refractivity contribution >= 4 is 24.1 Å². The molecule has 0 aliphatic rings. The number of carbonyl (C=O) groups is 4. The highest BCUT2D eigenvalue weighted by molar-refractivity contribution is 5.91. The molecule has 0 saturated carbocycles. The van der Waals surface area contributed by atoms with Gasteiger partial charge in [0.1, 0.15) is 24.7 Å². The molecule has 2 unspecified atom stereocenters. The van der Waals surface area contributed by atoms with Gasteiger partial charge in [0.2, 0.25) is 0 Å². The molecule has 3 aromatic rings. The third-order valence-corrected chi connectivity index (χ3v) is 7.05. The largest absolute Gasteiger partial charge is 0.513 e. The summed E-state index contributed by atoms with van der Waals surface area (Å²) >= 11 is 0. The second-order valence-corrected chi connectivity index (χ2v) is 11.5. The van der Waals surface area contributed by atoms with Crippen LogP contribution in [0, 0.1) is 11.8 Å². The van der Waals surface area contributed by atoms with E-state index >= 15 is 0 Å². The van der Waals surface area contributed by atoms with Gasteiger partial charge in [0.25, 0.3) is 0 Å². The van der Waals surface area contributed by atoms with E-state index in [1.165, 1.54) is 37.1 Å². The quantitative estimate of drug-likeness (QED) is 0.0386. The van der Waals surface area contributed by atoms with Crippen molar-refractivity contribution < 1.29 is 42.9 Å². The minimum Gasteiger partial charge on any atom is -0.459 e. The average Bonchev–Trinajstić information content (AvgIpc) is 3.03. The maximum Gasteiger partial charge on any atom is 0.513 e. The summed E-state index contributed by atoms with van der Waals surface area (Å²) < 4.78 is 25.7. The molecule has 0 saturated heterocycles. The first-order valence-electron chi connectivity index (χ1n) is 15.4. The molecule has 0 amide bonds. The second kappa shape index (κ2) is 18.1. The molecular formula is C37H42O9. The topological polar surface area (TPSA) is 114 Å². The molecular weight excluding hydrogens is 588 g/mol. The average molecular weight is 631 g/mol. The molecule has 244 valence electrons. The van der Waals surface area contributed by atoms with Gasteiger partial charge < -0.3 is 23.7 Å². The molecule has 0 heterocycles. The van der Waals surface area contributed by atoms with Gasteiger partial charge >= 0.3 is 24.1 Å². The Morgan fingerprint density at radius 1 is 0.674 bits per heavy atom. The minimum absolute atomic E-state index is 0.133. The molecule has 0 N–H and O–H groups in total. The Bertz CT molecular complexity index is 1440. The fraction of sp³-hybridized carbons (Fsp3) is 0.351. The van der Waals surface area contributed by atoms with Crippen LogP contribution in [0.3, 0.4) is 0 Å². The first kappa shape index (κ1) is 35.6. The maximum atomic E-state index is 12.7. The van der Waals surface area contributed by atoms with Gasteiger partial charge in [-0.2, -0.15) is 0 Å². The van der Waals surface area contributed by atoms with Crippen LogP contribution >= 0.6 is 0 Å². The summed E-state index contributed by atoms with van der Waals surface area (Å²) in [5.41, 5.74) is 2.52. The van der Waals surface area contributed by atoms with E-state index < -0.39 is 18.1 Å². The van der Waals surface area contributed by atoms with E-state index in [9.17, 15) is 19.2 Å². The van der Waals surface area contributed by atoms with Gasteiger partial charge in [-0.15, -0.1) is 0 Å². The molecule has 0 aromatic heterocycles. The number of ether oxygens (including phenoxy) is 5. The fourth-order valence-electron chi connectivity index (χ4n) is 4.65. The van der Waals surface area contributed by atoms with Gasteiger partial charge in [0, 0.05) is 6.08 Å². The van der Waals surface area contributed by atoms with E-state index in [-0.39, 0.29) is 36.6 Å². The van der Waals surface area contributed by atoms with Crippen LogP contribution in [-0.4, -0.2) is 43.4 Å². The van der Waals surface area contributed by atoms with Crippen molar-refractivity contribution in [2.45, 2.75) is 59.5 Å². The van der Waals surface area contributed by atoms with E-state index in [0.29, 0.717) is 23.1 Å². The van der Waals surface area contributed by atoms with Gasteiger partial charge in [-0.3, -0.25) is 0 Å². The monoisotopic (exact) mass is 630 g/mol. The Labute approximate surface area is 270 Å². The zero-order chi connectivity index (χ0) is 33.5. The Hall–Kier alpha value is -4.92. The van der Waals surface area contributed by atoms with Crippen LogP contribution in [0.25, 0.3) is 11.1 Å². The van der Waals surface area contributed by atoms with Gasteiger partial charge in [-0.1, -0.05) is 70.9 Å². The van der Waals surface area contributed by atoms with Gasteiger partial charge in [0.05, 0.1) is 17.2 Å². The van der Waals surface area contributed by atoms with Crippen molar-refractivity contribution in [2.24, 2.45) is 11.8 Å². The van der Waals surface area contributed by atoms with Crippen molar-refractivity contribution in [1.29, 1.82) is 0 Å². The van der Waals surface area contributed by atoms with Crippen LogP contribution in [-0.2, 0) is 19.0 Å². The summed E-state index contributed by atoms with van der Waals surface area (Å²) in [5, 5.41) is 0. The summed E-state index contributed by atoms with van der Waals surface area (Å²) in [6, 6.07) is 20.0. The smallest absolute Gasteiger partial charge is 0.459 e. The molecule has 0 aliphatic heterocycles. The van der Waals surface area contributed by atoms with Crippen molar-refractivity contribution in [3.8, 4) is 22.6 Å². The summed E-state index contributed by atoms with van der Waals surface area (Å²) in [6.07, 6.45) is 4.25. The molecule has 0 radical (unpaired) electrons. The van der Waals surface area contributed by atoms with E-state index in [4.69, 9.17) is 23.7 Å². The molecule has 46 heavy (non-hydrogen) atoms. The Morgan fingerprint density at radius 2 is 1.20 bits per heavy atom. The number of hydrogen-bond acceptors (Lipinski definition) is 9. The first-order chi connectivity index (χ1) is 22.0. The van der Waals surface area contributed by atoms with E-state index in [2.05, 4.69) is 27.4 Å². The zero-order valence-electron chi connectivity index (χ0n) is 26.9. The minimum atomic E-state index is -0.984. The molecule has 0 bridgehead atoms. The van der Waals surface area contributed by atoms with Crippen molar-refractivity contribution in [3.05, 3.63) is 96.6 Å². The standard InChI is InChI=1S/C37H42O9/c1-6-34(38)42-22-23-43-37(41)46-33-20-16-31(17-21-33)36(40)45-32-18-14-29(15-19-32)28-10-12-30(13-11-28)35(39)44-27(5)24-26(4)9-7-8-25(2)3/h6,10-21,25-27H,1,7-9,22-24H2,2-5H3. The third kappa shape index (κ3) is 12.2. The van der Waals surface area contributed by atoms with E-state index in [1.54, 1.807) is 24.3 Å². The lowest BCUT2D eigenvalue weighted by molar-refractivity contribution is -0.138. The number of esters is 3.